The smallest absolute Gasteiger partial charge is 0.317 e. The first-order chi connectivity index (χ1) is 9.38. The first-order valence-corrected chi connectivity index (χ1v) is 8.52. The molecule has 2 amide bonds. The van der Waals surface area contributed by atoms with Crippen molar-refractivity contribution in [3.63, 3.8) is 0 Å². The Morgan fingerprint density at radius 2 is 1.86 bits per heavy atom. The van der Waals surface area contributed by atoms with Crippen LogP contribution in [0.4, 0.5) is 4.79 Å². The molecule has 3 N–H and O–H groups in total. The van der Waals surface area contributed by atoms with E-state index in [4.69, 9.17) is 5.11 Å². The molecule has 21 heavy (non-hydrogen) atoms. The summed E-state index contributed by atoms with van der Waals surface area (Å²) in [6, 6.07) is -0.867. The van der Waals surface area contributed by atoms with E-state index < -0.39 is 33.6 Å². The Bertz CT molecular complexity index is 475. The molecule has 9 heteroatoms. The fourth-order valence-corrected chi connectivity index (χ4v) is 3.03. The van der Waals surface area contributed by atoms with Crippen molar-refractivity contribution < 1.29 is 23.1 Å². The number of carbonyl (C=O) groups is 2. The molecule has 0 aliphatic rings. The van der Waals surface area contributed by atoms with Crippen LogP contribution in [0.3, 0.4) is 0 Å². The summed E-state index contributed by atoms with van der Waals surface area (Å²) in [5.41, 5.74) is -0.835. The van der Waals surface area contributed by atoms with Crippen LogP contribution in [-0.4, -0.2) is 61.4 Å². The first-order valence-electron chi connectivity index (χ1n) is 6.63. The second kappa shape index (κ2) is 7.60. The molecular weight excluding hydrogens is 298 g/mol. The number of carbonyl (C=O) groups excluding carboxylic acids is 1. The summed E-state index contributed by atoms with van der Waals surface area (Å²) in [6.45, 7) is 7.14. The molecule has 1 atom stereocenters. The highest BCUT2D eigenvalue weighted by Crippen LogP contribution is 2.06. The van der Waals surface area contributed by atoms with Gasteiger partial charge in [-0.1, -0.05) is 0 Å². The Labute approximate surface area is 125 Å². The summed E-state index contributed by atoms with van der Waals surface area (Å²) in [5, 5.41) is 11.4. The third-order valence-corrected chi connectivity index (χ3v) is 3.67. The van der Waals surface area contributed by atoms with Crippen LogP contribution in [0.5, 0.6) is 0 Å². The van der Waals surface area contributed by atoms with Gasteiger partial charge in [-0.2, -0.15) is 0 Å². The van der Waals surface area contributed by atoms with E-state index in [0.29, 0.717) is 6.54 Å². The summed E-state index contributed by atoms with van der Waals surface area (Å²) in [6.07, 6.45) is 0.899. The predicted octanol–water partition coefficient (Wildman–Crippen LogP) is 0.209. The summed E-state index contributed by atoms with van der Waals surface area (Å²) in [4.78, 5) is 24.1. The van der Waals surface area contributed by atoms with Crippen LogP contribution in [-0.2, 0) is 14.8 Å². The van der Waals surface area contributed by atoms with E-state index in [2.05, 4.69) is 10.0 Å². The lowest BCUT2D eigenvalue weighted by atomic mass is 10.1. The van der Waals surface area contributed by atoms with Crippen molar-refractivity contribution >= 4 is 22.0 Å². The van der Waals surface area contributed by atoms with Crippen LogP contribution >= 0.6 is 0 Å². The number of hydrogen-bond acceptors (Lipinski definition) is 4. The lowest BCUT2D eigenvalue weighted by Crippen LogP contribution is -2.54. The molecule has 0 aromatic carbocycles. The van der Waals surface area contributed by atoms with Crippen LogP contribution in [0, 0.1) is 0 Å². The minimum atomic E-state index is -3.38. The van der Waals surface area contributed by atoms with E-state index in [1.54, 1.807) is 27.7 Å². The molecule has 0 aliphatic carbocycles. The molecule has 0 saturated heterocycles. The number of urea groups is 1. The number of hydrogen-bond donors (Lipinski definition) is 3. The molecule has 0 bridgehead atoms. The van der Waals surface area contributed by atoms with Crippen LogP contribution < -0.4 is 10.0 Å². The number of carboxylic acids is 1. The van der Waals surface area contributed by atoms with Crippen molar-refractivity contribution in [3.05, 3.63) is 0 Å². The Kier molecular flexibility index (Phi) is 7.11. The largest absolute Gasteiger partial charge is 0.481 e. The summed E-state index contributed by atoms with van der Waals surface area (Å²) < 4.78 is 24.8. The molecule has 124 valence electrons. The first kappa shape index (κ1) is 19.7. The second-order valence-electron chi connectivity index (χ2n) is 5.65. The zero-order chi connectivity index (χ0) is 16.8. The standard InChI is InChI=1S/C12H25N3O5S/c1-6-15(9(2)7-10(16)17)11(18)13-8-12(3,4)14-21(5,19)20/h9,14H,6-8H2,1-5H3,(H,13,18)(H,16,17). The molecule has 0 radical (unpaired) electrons. The topological polar surface area (TPSA) is 116 Å². The third kappa shape index (κ3) is 8.51. The Balaban J connectivity index is 4.62. The van der Waals surface area contributed by atoms with Gasteiger partial charge in [0.05, 0.1) is 12.7 Å². The average Bonchev–Trinajstić information content (AvgIpc) is 2.23. The lowest BCUT2D eigenvalue weighted by molar-refractivity contribution is -0.138. The maximum Gasteiger partial charge on any atom is 0.317 e. The Morgan fingerprint density at radius 1 is 1.33 bits per heavy atom. The van der Waals surface area contributed by atoms with Gasteiger partial charge >= 0.3 is 12.0 Å². The van der Waals surface area contributed by atoms with Crippen molar-refractivity contribution in [2.75, 3.05) is 19.3 Å². The van der Waals surface area contributed by atoms with Gasteiger partial charge in [-0.15, -0.1) is 0 Å². The monoisotopic (exact) mass is 323 g/mol. The fourth-order valence-electron chi connectivity index (χ4n) is 1.95. The number of carboxylic acid groups (broad SMARTS) is 1. The van der Waals surface area contributed by atoms with Gasteiger partial charge in [-0.3, -0.25) is 4.79 Å². The zero-order valence-corrected chi connectivity index (χ0v) is 14.0. The maximum absolute atomic E-state index is 12.1. The number of nitrogens with zero attached hydrogens (tertiary/aromatic N) is 1. The van der Waals surface area contributed by atoms with Gasteiger partial charge in [-0.25, -0.2) is 17.9 Å². The molecule has 0 aromatic heterocycles. The van der Waals surface area contributed by atoms with Crippen LogP contribution in [0.25, 0.3) is 0 Å². The summed E-state index contributed by atoms with van der Waals surface area (Å²) in [5.74, 6) is -0.979. The molecular formula is C12H25N3O5S. The van der Waals surface area contributed by atoms with E-state index in [1.807, 2.05) is 0 Å². The van der Waals surface area contributed by atoms with E-state index >= 15 is 0 Å². The van der Waals surface area contributed by atoms with Crippen LogP contribution in [0.1, 0.15) is 34.1 Å². The molecule has 0 heterocycles. The molecule has 0 saturated carbocycles. The summed E-state index contributed by atoms with van der Waals surface area (Å²) >= 11 is 0. The number of amides is 2. The molecule has 0 spiro atoms. The normalized spacial score (nSPS) is 13.6. The van der Waals surface area contributed by atoms with Crippen molar-refractivity contribution in [2.45, 2.75) is 45.7 Å². The molecule has 0 fully saturated rings. The van der Waals surface area contributed by atoms with Gasteiger partial charge in [0.25, 0.3) is 0 Å². The quantitative estimate of drug-likeness (QED) is 0.590. The SMILES string of the molecule is CCN(C(=O)NCC(C)(C)NS(C)(=O)=O)C(C)CC(=O)O. The number of aliphatic carboxylic acids is 1. The van der Waals surface area contributed by atoms with Crippen LogP contribution in [0.15, 0.2) is 0 Å². The number of sulfonamides is 1. The zero-order valence-electron chi connectivity index (χ0n) is 13.1. The Hall–Kier alpha value is -1.35. The number of nitrogens with one attached hydrogen (secondary N) is 2. The molecule has 8 nitrogen and oxygen atoms in total. The van der Waals surface area contributed by atoms with Crippen molar-refractivity contribution in [3.8, 4) is 0 Å². The number of rotatable bonds is 8. The minimum Gasteiger partial charge on any atom is -0.481 e. The van der Waals surface area contributed by atoms with E-state index in [9.17, 15) is 18.0 Å². The maximum atomic E-state index is 12.1. The van der Waals surface area contributed by atoms with Gasteiger partial charge in [0.15, 0.2) is 0 Å². The Morgan fingerprint density at radius 3 is 2.24 bits per heavy atom. The highest BCUT2D eigenvalue weighted by Gasteiger charge is 2.25. The molecule has 0 aliphatic heterocycles. The second-order valence-corrected chi connectivity index (χ2v) is 7.40. The van der Waals surface area contributed by atoms with Crippen LogP contribution in [0.2, 0.25) is 0 Å². The van der Waals surface area contributed by atoms with Gasteiger partial charge < -0.3 is 15.3 Å². The van der Waals surface area contributed by atoms with Gasteiger partial charge in [0, 0.05) is 24.7 Å². The third-order valence-electron chi connectivity index (χ3n) is 2.75. The average molecular weight is 323 g/mol. The van der Waals surface area contributed by atoms with Crippen molar-refractivity contribution in [2.24, 2.45) is 0 Å². The van der Waals surface area contributed by atoms with Crippen molar-refractivity contribution in [1.29, 1.82) is 0 Å². The fraction of sp³-hybridized carbons (Fsp3) is 0.833. The van der Waals surface area contributed by atoms with Crippen molar-refractivity contribution in [1.82, 2.24) is 14.9 Å². The molecule has 0 rings (SSSR count). The van der Waals surface area contributed by atoms with E-state index in [1.165, 1.54) is 4.90 Å². The van der Waals surface area contributed by atoms with Gasteiger partial charge in [-0.05, 0) is 27.7 Å². The summed E-state index contributed by atoms with van der Waals surface area (Å²) in [7, 11) is -3.38. The van der Waals surface area contributed by atoms with E-state index in [-0.39, 0.29) is 13.0 Å². The highest BCUT2D eigenvalue weighted by molar-refractivity contribution is 7.88. The van der Waals surface area contributed by atoms with Gasteiger partial charge in [0.2, 0.25) is 10.0 Å². The highest BCUT2D eigenvalue weighted by atomic mass is 32.2. The molecule has 1 unspecified atom stereocenters. The molecule has 0 aromatic rings. The van der Waals surface area contributed by atoms with E-state index in [0.717, 1.165) is 6.26 Å². The van der Waals surface area contributed by atoms with Gasteiger partial charge in [0.1, 0.15) is 0 Å². The predicted molar refractivity (Wildman–Crippen MR) is 79.6 cm³/mol. The minimum absolute atomic E-state index is 0.0925. The lowest BCUT2D eigenvalue weighted by Gasteiger charge is -2.30.